The Kier molecular flexibility index (Phi) is 5.57. The average molecular weight is 398 g/mol. The molecule has 1 amide bonds. The van der Waals surface area contributed by atoms with Crippen molar-refractivity contribution in [2.45, 2.75) is 13.5 Å². The third kappa shape index (κ3) is 4.22. The van der Waals surface area contributed by atoms with Crippen LogP contribution in [-0.4, -0.2) is 23.0 Å². The molecule has 6 nitrogen and oxygen atoms in total. The molecular formula is C24H22N4O2. The van der Waals surface area contributed by atoms with Gasteiger partial charge in [-0.1, -0.05) is 48.5 Å². The highest BCUT2D eigenvalue weighted by atomic mass is 16.5. The van der Waals surface area contributed by atoms with Crippen molar-refractivity contribution in [2.24, 2.45) is 0 Å². The number of carbonyl (C=O) groups is 1. The zero-order valence-corrected chi connectivity index (χ0v) is 16.8. The quantitative estimate of drug-likeness (QED) is 0.487. The van der Waals surface area contributed by atoms with Gasteiger partial charge in [0.2, 0.25) is 0 Å². The monoisotopic (exact) mass is 398 g/mol. The van der Waals surface area contributed by atoms with Crippen LogP contribution in [0.3, 0.4) is 0 Å². The van der Waals surface area contributed by atoms with E-state index in [2.05, 4.69) is 20.6 Å². The molecule has 0 aliphatic rings. The zero-order chi connectivity index (χ0) is 20.9. The van der Waals surface area contributed by atoms with Crippen molar-refractivity contribution in [1.29, 1.82) is 0 Å². The summed E-state index contributed by atoms with van der Waals surface area (Å²) in [6.07, 6.45) is 0. The van der Waals surface area contributed by atoms with E-state index in [9.17, 15) is 4.79 Å². The lowest BCUT2D eigenvalue weighted by Crippen LogP contribution is -2.18. The van der Waals surface area contributed by atoms with Gasteiger partial charge in [-0.05, 0) is 42.3 Å². The number of rotatable bonds is 6. The molecule has 0 bridgehead atoms. The first-order valence-electron chi connectivity index (χ1n) is 9.64. The van der Waals surface area contributed by atoms with Crippen LogP contribution in [0.1, 0.15) is 21.6 Å². The van der Waals surface area contributed by atoms with Crippen molar-refractivity contribution in [2.75, 3.05) is 17.7 Å². The Bertz CT molecular complexity index is 1190. The molecule has 0 unspecified atom stereocenters. The van der Waals surface area contributed by atoms with Crippen LogP contribution in [0.15, 0.2) is 72.8 Å². The van der Waals surface area contributed by atoms with Crippen LogP contribution in [0, 0.1) is 6.92 Å². The van der Waals surface area contributed by atoms with Crippen LogP contribution in [0.4, 0.5) is 11.5 Å². The first-order valence-corrected chi connectivity index (χ1v) is 9.64. The maximum Gasteiger partial charge on any atom is 0.278 e. The van der Waals surface area contributed by atoms with E-state index >= 15 is 0 Å². The van der Waals surface area contributed by atoms with Gasteiger partial charge in [0.1, 0.15) is 5.75 Å². The molecule has 2 N–H and O–H groups in total. The van der Waals surface area contributed by atoms with Gasteiger partial charge < -0.3 is 15.4 Å². The normalized spacial score (nSPS) is 10.6. The van der Waals surface area contributed by atoms with Gasteiger partial charge in [-0.2, -0.15) is 0 Å². The lowest BCUT2D eigenvalue weighted by Gasteiger charge is -2.14. The highest BCUT2D eigenvalue weighted by Gasteiger charge is 2.18. The number of nitrogens with zero attached hydrogens (tertiary/aromatic N) is 2. The van der Waals surface area contributed by atoms with Gasteiger partial charge in [-0.25, -0.2) is 9.97 Å². The van der Waals surface area contributed by atoms with E-state index in [4.69, 9.17) is 4.74 Å². The minimum Gasteiger partial charge on any atom is -0.495 e. The third-order valence-corrected chi connectivity index (χ3v) is 4.69. The number of benzene rings is 3. The Morgan fingerprint density at radius 3 is 2.37 bits per heavy atom. The van der Waals surface area contributed by atoms with Gasteiger partial charge >= 0.3 is 0 Å². The summed E-state index contributed by atoms with van der Waals surface area (Å²) < 4.78 is 5.38. The summed E-state index contributed by atoms with van der Waals surface area (Å²) in [6.45, 7) is 2.49. The minimum atomic E-state index is -0.354. The van der Waals surface area contributed by atoms with Gasteiger partial charge in [0, 0.05) is 6.54 Å². The molecule has 1 heterocycles. The standard InChI is InChI=1S/C24H22N4O2/c1-16-12-13-21(30-2)20(14-16)28-24(29)22-23(25-15-17-8-4-3-5-9-17)27-19-11-7-6-10-18(19)26-22/h3-14H,15H2,1-2H3,(H,25,27)(H,28,29). The molecule has 0 aliphatic heterocycles. The Morgan fingerprint density at radius 2 is 1.63 bits per heavy atom. The molecule has 1 aromatic heterocycles. The maximum absolute atomic E-state index is 13.2. The van der Waals surface area contributed by atoms with Crippen molar-refractivity contribution in [3.05, 3.63) is 89.6 Å². The van der Waals surface area contributed by atoms with E-state index in [1.807, 2.05) is 79.7 Å². The van der Waals surface area contributed by atoms with E-state index in [0.717, 1.165) is 16.6 Å². The maximum atomic E-state index is 13.2. The van der Waals surface area contributed by atoms with E-state index in [1.54, 1.807) is 7.11 Å². The van der Waals surface area contributed by atoms with Gasteiger partial charge in [-0.15, -0.1) is 0 Å². The Morgan fingerprint density at radius 1 is 0.933 bits per heavy atom. The number of ether oxygens (including phenoxy) is 1. The molecule has 150 valence electrons. The summed E-state index contributed by atoms with van der Waals surface area (Å²) in [5, 5.41) is 6.18. The number of para-hydroxylation sites is 2. The Hall–Kier alpha value is -3.93. The summed E-state index contributed by atoms with van der Waals surface area (Å²) >= 11 is 0. The molecule has 30 heavy (non-hydrogen) atoms. The van der Waals surface area contributed by atoms with E-state index in [0.29, 0.717) is 29.3 Å². The second-order valence-corrected chi connectivity index (χ2v) is 6.91. The first kappa shape index (κ1) is 19.4. The summed E-state index contributed by atoms with van der Waals surface area (Å²) in [5.41, 5.74) is 4.29. The summed E-state index contributed by atoms with van der Waals surface area (Å²) in [6, 6.07) is 23.0. The SMILES string of the molecule is COc1ccc(C)cc1NC(=O)c1nc2ccccc2nc1NCc1ccccc1. The average Bonchev–Trinajstić information content (AvgIpc) is 2.78. The van der Waals surface area contributed by atoms with Crippen LogP contribution < -0.4 is 15.4 Å². The lowest BCUT2D eigenvalue weighted by atomic mass is 10.2. The zero-order valence-electron chi connectivity index (χ0n) is 16.8. The highest BCUT2D eigenvalue weighted by molar-refractivity contribution is 6.07. The van der Waals surface area contributed by atoms with E-state index in [1.165, 1.54) is 0 Å². The van der Waals surface area contributed by atoms with Crippen molar-refractivity contribution in [3.8, 4) is 5.75 Å². The number of carbonyl (C=O) groups excluding carboxylic acids is 1. The van der Waals surface area contributed by atoms with Crippen LogP contribution in [-0.2, 0) is 6.54 Å². The summed E-state index contributed by atoms with van der Waals surface area (Å²) in [4.78, 5) is 22.4. The number of fused-ring (bicyclic) bond motifs is 1. The topological polar surface area (TPSA) is 76.1 Å². The predicted octanol–water partition coefficient (Wildman–Crippen LogP) is 4.81. The summed E-state index contributed by atoms with van der Waals surface area (Å²) in [5.74, 6) is 0.663. The van der Waals surface area contributed by atoms with Crippen molar-refractivity contribution >= 4 is 28.4 Å². The molecule has 0 atom stereocenters. The Labute approximate surface area is 175 Å². The number of hydrogen-bond donors (Lipinski definition) is 2. The second-order valence-electron chi connectivity index (χ2n) is 6.91. The molecule has 3 aromatic carbocycles. The van der Waals surface area contributed by atoms with Crippen LogP contribution >= 0.6 is 0 Å². The molecule has 6 heteroatoms. The number of aryl methyl sites for hydroxylation is 1. The van der Waals surface area contributed by atoms with Crippen LogP contribution in [0.2, 0.25) is 0 Å². The highest BCUT2D eigenvalue weighted by Crippen LogP contribution is 2.27. The summed E-state index contributed by atoms with van der Waals surface area (Å²) in [7, 11) is 1.57. The number of hydrogen-bond acceptors (Lipinski definition) is 5. The molecular weight excluding hydrogens is 376 g/mol. The third-order valence-electron chi connectivity index (χ3n) is 4.69. The molecule has 0 saturated heterocycles. The van der Waals surface area contributed by atoms with E-state index in [-0.39, 0.29) is 11.6 Å². The number of aromatic nitrogens is 2. The molecule has 0 aliphatic carbocycles. The van der Waals surface area contributed by atoms with Crippen LogP contribution in [0.25, 0.3) is 11.0 Å². The molecule has 0 radical (unpaired) electrons. The fourth-order valence-electron chi connectivity index (χ4n) is 3.16. The largest absolute Gasteiger partial charge is 0.495 e. The van der Waals surface area contributed by atoms with E-state index < -0.39 is 0 Å². The van der Waals surface area contributed by atoms with Crippen molar-refractivity contribution in [3.63, 3.8) is 0 Å². The van der Waals surface area contributed by atoms with Gasteiger partial charge in [0.05, 0.1) is 23.8 Å². The fraction of sp³-hybridized carbons (Fsp3) is 0.125. The smallest absolute Gasteiger partial charge is 0.278 e. The van der Waals surface area contributed by atoms with Crippen molar-refractivity contribution < 1.29 is 9.53 Å². The Balaban J connectivity index is 1.69. The van der Waals surface area contributed by atoms with Crippen molar-refractivity contribution in [1.82, 2.24) is 9.97 Å². The van der Waals surface area contributed by atoms with Gasteiger partial charge in [0.25, 0.3) is 5.91 Å². The molecule has 0 saturated carbocycles. The molecule has 4 rings (SSSR count). The van der Waals surface area contributed by atoms with Gasteiger partial charge in [0.15, 0.2) is 11.5 Å². The number of anilines is 2. The lowest BCUT2D eigenvalue weighted by molar-refractivity contribution is 0.102. The van der Waals surface area contributed by atoms with Gasteiger partial charge in [-0.3, -0.25) is 4.79 Å². The minimum absolute atomic E-state index is 0.230. The predicted molar refractivity (Wildman–Crippen MR) is 119 cm³/mol. The number of methoxy groups -OCH3 is 1. The second kappa shape index (κ2) is 8.61. The molecule has 4 aromatic rings. The molecule has 0 spiro atoms. The number of nitrogens with one attached hydrogen (secondary N) is 2. The first-order chi connectivity index (χ1) is 14.6. The molecule has 0 fully saturated rings. The van der Waals surface area contributed by atoms with Crippen LogP contribution in [0.5, 0.6) is 5.75 Å². The fourth-order valence-corrected chi connectivity index (χ4v) is 3.16. The number of amides is 1.